The van der Waals surface area contributed by atoms with Gasteiger partial charge >= 0.3 is 0 Å². The largest absolute Gasteiger partial charge is 0.280 e. The van der Waals surface area contributed by atoms with E-state index < -0.39 is 0 Å². The predicted octanol–water partition coefficient (Wildman–Crippen LogP) is 4.68. The number of rotatable bonds is 5. The Labute approximate surface area is 173 Å². The first-order valence-electron chi connectivity index (χ1n) is 9.60. The summed E-state index contributed by atoms with van der Waals surface area (Å²) in [4.78, 5) is 24.2. The highest BCUT2D eigenvalue weighted by atomic mass is 32.1. The number of anilines is 1. The van der Waals surface area contributed by atoms with Gasteiger partial charge in [0.05, 0.1) is 16.8 Å². The molecule has 0 aliphatic carbocycles. The Morgan fingerprint density at radius 1 is 1.17 bits per heavy atom. The minimum absolute atomic E-state index is 0.154. The molecule has 1 amide bonds. The molecule has 0 radical (unpaired) electrons. The third-order valence-corrected chi connectivity index (χ3v) is 6.18. The van der Waals surface area contributed by atoms with Crippen LogP contribution in [-0.2, 0) is 13.1 Å². The third-order valence-electron chi connectivity index (χ3n) is 4.97. The van der Waals surface area contributed by atoms with E-state index in [4.69, 9.17) is 4.98 Å². The molecular formula is C22H23N5OS. The van der Waals surface area contributed by atoms with E-state index in [-0.39, 0.29) is 5.91 Å². The summed E-state index contributed by atoms with van der Waals surface area (Å²) in [5, 5.41) is 5.17. The maximum absolute atomic E-state index is 13.5. The van der Waals surface area contributed by atoms with Crippen LogP contribution in [0.1, 0.15) is 39.8 Å². The normalized spacial score (nSPS) is 11.2. The van der Waals surface area contributed by atoms with Crippen LogP contribution in [0.3, 0.4) is 0 Å². The Hall–Kier alpha value is -3.06. The summed E-state index contributed by atoms with van der Waals surface area (Å²) in [5.74, 6) is -0.154. The van der Waals surface area contributed by atoms with Gasteiger partial charge in [0.1, 0.15) is 0 Å². The highest BCUT2D eigenvalue weighted by Gasteiger charge is 2.25. The predicted molar refractivity (Wildman–Crippen MR) is 116 cm³/mol. The molecule has 0 atom stereocenters. The van der Waals surface area contributed by atoms with Crippen LogP contribution in [0.5, 0.6) is 0 Å². The summed E-state index contributed by atoms with van der Waals surface area (Å²) in [6.45, 7) is 9.21. The molecular weight excluding hydrogens is 382 g/mol. The van der Waals surface area contributed by atoms with E-state index in [9.17, 15) is 4.79 Å². The summed E-state index contributed by atoms with van der Waals surface area (Å²) in [6, 6.07) is 9.85. The first kappa shape index (κ1) is 19.3. The second kappa shape index (κ2) is 7.75. The molecule has 4 aromatic rings. The molecule has 29 heavy (non-hydrogen) atoms. The molecule has 0 saturated carbocycles. The average Bonchev–Trinajstić information content (AvgIpc) is 3.34. The number of thiazole rings is 1. The van der Waals surface area contributed by atoms with E-state index >= 15 is 0 Å². The number of fused-ring (bicyclic) bond motifs is 1. The molecule has 6 nitrogen and oxygen atoms in total. The number of nitrogens with zero attached hydrogens (tertiary/aromatic N) is 5. The van der Waals surface area contributed by atoms with Gasteiger partial charge in [0.15, 0.2) is 10.8 Å². The van der Waals surface area contributed by atoms with Crippen molar-refractivity contribution < 1.29 is 4.79 Å². The number of hydrogen-bond acceptors (Lipinski definition) is 5. The van der Waals surface area contributed by atoms with Gasteiger partial charge < -0.3 is 0 Å². The molecule has 7 heteroatoms. The first-order chi connectivity index (χ1) is 14.0. The fourth-order valence-corrected chi connectivity index (χ4v) is 4.45. The SMILES string of the molecule is CCn1nc(C(=O)N(Cc2cccnc2)c2nc3c(C)ccc(C)c3s2)cc1C. The van der Waals surface area contributed by atoms with Crippen molar-refractivity contribution in [2.45, 2.75) is 40.8 Å². The zero-order chi connectivity index (χ0) is 20.5. The van der Waals surface area contributed by atoms with Crippen molar-refractivity contribution in [1.82, 2.24) is 19.7 Å². The van der Waals surface area contributed by atoms with E-state index in [2.05, 4.69) is 29.1 Å². The zero-order valence-corrected chi connectivity index (χ0v) is 17.8. The minimum atomic E-state index is -0.154. The number of benzene rings is 1. The van der Waals surface area contributed by atoms with Crippen LogP contribution in [0.25, 0.3) is 10.2 Å². The third kappa shape index (κ3) is 3.65. The summed E-state index contributed by atoms with van der Waals surface area (Å²) < 4.78 is 2.95. The van der Waals surface area contributed by atoms with Crippen LogP contribution in [0.2, 0.25) is 0 Å². The van der Waals surface area contributed by atoms with Gasteiger partial charge in [-0.3, -0.25) is 19.4 Å². The summed E-state index contributed by atoms with van der Waals surface area (Å²) in [6.07, 6.45) is 3.51. The maximum atomic E-state index is 13.5. The van der Waals surface area contributed by atoms with Gasteiger partial charge in [0.25, 0.3) is 5.91 Å². The quantitative estimate of drug-likeness (QED) is 0.484. The zero-order valence-electron chi connectivity index (χ0n) is 17.0. The smallest absolute Gasteiger partial charge is 0.278 e. The van der Waals surface area contributed by atoms with Gasteiger partial charge in [-0.2, -0.15) is 5.10 Å². The van der Waals surface area contributed by atoms with Gasteiger partial charge in [-0.05, 0) is 56.5 Å². The van der Waals surface area contributed by atoms with Crippen LogP contribution < -0.4 is 4.90 Å². The standard InChI is InChI=1S/C22H23N5OS/c1-5-27-16(4)11-18(25-27)21(28)26(13-17-7-6-10-23-12-17)22-24-19-14(2)8-9-15(3)20(19)29-22/h6-12H,5,13H2,1-4H3. The number of pyridine rings is 1. The van der Waals surface area contributed by atoms with Crippen molar-refractivity contribution in [3.63, 3.8) is 0 Å². The topological polar surface area (TPSA) is 63.9 Å². The van der Waals surface area contributed by atoms with E-state index in [1.165, 1.54) is 0 Å². The Kier molecular flexibility index (Phi) is 5.15. The number of amides is 1. The molecule has 0 unspecified atom stereocenters. The number of carbonyl (C=O) groups excluding carboxylic acids is 1. The highest BCUT2D eigenvalue weighted by Crippen LogP contribution is 2.34. The van der Waals surface area contributed by atoms with Crippen molar-refractivity contribution in [3.05, 3.63) is 70.8 Å². The monoisotopic (exact) mass is 405 g/mol. The molecule has 0 saturated heterocycles. The fraction of sp³-hybridized carbons (Fsp3) is 0.273. The van der Waals surface area contributed by atoms with Gasteiger partial charge in [-0.1, -0.05) is 29.5 Å². The number of aryl methyl sites for hydroxylation is 4. The molecule has 0 bridgehead atoms. The Morgan fingerprint density at radius 2 is 1.97 bits per heavy atom. The highest BCUT2D eigenvalue weighted by molar-refractivity contribution is 7.22. The Balaban J connectivity index is 1.81. The number of hydrogen-bond donors (Lipinski definition) is 0. The molecule has 0 aliphatic heterocycles. The maximum Gasteiger partial charge on any atom is 0.280 e. The molecule has 0 N–H and O–H groups in total. The van der Waals surface area contributed by atoms with Gasteiger partial charge in [0.2, 0.25) is 0 Å². The average molecular weight is 406 g/mol. The number of carbonyl (C=O) groups is 1. The second-order valence-electron chi connectivity index (χ2n) is 7.11. The van der Waals surface area contributed by atoms with Crippen LogP contribution >= 0.6 is 11.3 Å². The number of aromatic nitrogens is 4. The molecule has 0 aliphatic rings. The minimum Gasteiger partial charge on any atom is -0.278 e. The van der Waals surface area contributed by atoms with Crippen LogP contribution in [-0.4, -0.2) is 25.7 Å². The van der Waals surface area contributed by atoms with E-state index in [0.717, 1.165) is 39.1 Å². The summed E-state index contributed by atoms with van der Waals surface area (Å²) in [7, 11) is 0. The lowest BCUT2D eigenvalue weighted by Gasteiger charge is -2.18. The van der Waals surface area contributed by atoms with E-state index in [0.29, 0.717) is 17.4 Å². The molecule has 3 heterocycles. The van der Waals surface area contributed by atoms with Crippen molar-refractivity contribution >= 4 is 32.6 Å². The second-order valence-corrected chi connectivity index (χ2v) is 8.09. The molecule has 1 aromatic carbocycles. The van der Waals surface area contributed by atoms with Crippen molar-refractivity contribution in [2.24, 2.45) is 0 Å². The first-order valence-corrected chi connectivity index (χ1v) is 10.4. The van der Waals surface area contributed by atoms with Crippen LogP contribution in [0.4, 0.5) is 5.13 Å². The van der Waals surface area contributed by atoms with E-state index in [1.54, 1.807) is 28.6 Å². The van der Waals surface area contributed by atoms with Crippen molar-refractivity contribution in [1.29, 1.82) is 0 Å². The van der Waals surface area contributed by atoms with Crippen LogP contribution in [0, 0.1) is 20.8 Å². The molecule has 3 aromatic heterocycles. The summed E-state index contributed by atoms with van der Waals surface area (Å²) in [5.41, 5.74) is 5.56. The van der Waals surface area contributed by atoms with Gasteiger partial charge in [-0.25, -0.2) is 4.98 Å². The van der Waals surface area contributed by atoms with Crippen LogP contribution in [0.15, 0.2) is 42.7 Å². The van der Waals surface area contributed by atoms with Gasteiger partial charge in [0, 0.05) is 24.6 Å². The molecule has 4 rings (SSSR count). The van der Waals surface area contributed by atoms with Crippen molar-refractivity contribution in [3.8, 4) is 0 Å². The van der Waals surface area contributed by atoms with Gasteiger partial charge in [-0.15, -0.1) is 0 Å². The molecule has 0 fully saturated rings. The Bertz CT molecular complexity index is 1140. The molecule has 148 valence electrons. The lowest BCUT2D eigenvalue weighted by Crippen LogP contribution is -2.30. The lowest BCUT2D eigenvalue weighted by atomic mass is 10.1. The van der Waals surface area contributed by atoms with Crippen molar-refractivity contribution in [2.75, 3.05) is 4.90 Å². The Morgan fingerprint density at radius 3 is 2.62 bits per heavy atom. The molecule has 0 spiro atoms. The lowest BCUT2D eigenvalue weighted by molar-refractivity contribution is 0.0979. The summed E-state index contributed by atoms with van der Waals surface area (Å²) >= 11 is 1.54. The van der Waals surface area contributed by atoms with E-state index in [1.807, 2.05) is 43.7 Å². The fourth-order valence-electron chi connectivity index (χ4n) is 3.34.